The Labute approximate surface area is 100 Å². The topological polar surface area (TPSA) is 39.2 Å². The van der Waals surface area contributed by atoms with Gasteiger partial charge in [-0.15, -0.1) is 0 Å². The molecule has 0 bridgehead atoms. The number of benzene rings is 1. The van der Waals surface area contributed by atoms with Crippen LogP contribution in [-0.2, 0) is 6.42 Å². The van der Waals surface area contributed by atoms with Crippen LogP contribution in [0.25, 0.3) is 0 Å². The first-order valence-electron chi connectivity index (χ1n) is 5.29. The van der Waals surface area contributed by atoms with E-state index in [4.69, 9.17) is 21.8 Å². The largest absolute Gasteiger partial charge is 0.469 e. The van der Waals surface area contributed by atoms with Crippen LogP contribution in [0.3, 0.4) is 0 Å². The van der Waals surface area contributed by atoms with Crippen LogP contribution in [0.1, 0.15) is 23.8 Å². The summed E-state index contributed by atoms with van der Waals surface area (Å²) in [7, 11) is 0. The molecular weight excluding hydrogens is 222 g/mol. The summed E-state index contributed by atoms with van der Waals surface area (Å²) >= 11 is 5.82. The van der Waals surface area contributed by atoms with E-state index in [1.165, 1.54) is 0 Å². The van der Waals surface area contributed by atoms with Gasteiger partial charge in [0.1, 0.15) is 5.76 Å². The first-order valence-corrected chi connectivity index (χ1v) is 5.67. The van der Waals surface area contributed by atoms with Crippen LogP contribution in [-0.4, -0.2) is 0 Å². The fraction of sp³-hybridized carbons (Fsp3) is 0.231. The third-order valence-corrected chi connectivity index (χ3v) is 2.83. The van der Waals surface area contributed by atoms with E-state index in [2.05, 4.69) is 0 Å². The maximum absolute atomic E-state index is 6.08. The van der Waals surface area contributed by atoms with Gasteiger partial charge in [0.05, 0.1) is 6.26 Å². The van der Waals surface area contributed by atoms with Crippen LogP contribution in [0.5, 0.6) is 0 Å². The highest BCUT2D eigenvalue weighted by atomic mass is 35.5. The van der Waals surface area contributed by atoms with Crippen LogP contribution < -0.4 is 5.73 Å². The van der Waals surface area contributed by atoms with Gasteiger partial charge in [-0.05, 0) is 36.2 Å². The normalized spacial score (nSPS) is 12.6. The lowest BCUT2D eigenvalue weighted by Gasteiger charge is -2.10. The van der Waals surface area contributed by atoms with Crippen molar-refractivity contribution in [2.24, 2.45) is 5.73 Å². The van der Waals surface area contributed by atoms with Crippen LogP contribution in [0, 0.1) is 0 Å². The molecule has 2 aromatic rings. The number of hydrogen-bond acceptors (Lipinski definition) is 2. The van der Waals surface area contributed by atoms with E-state index >= 15 is 0 Å². The van der Waals surface area contributed by atoms with E-state index in [-0.39, 0.29) is 6.04 Å². The second kappa shape index (κ2) is 5.19. The fourth-order valence-corrected chi connectivity index (χ4v) is 1.76. The predicted octanol–water partition coefficient (Wildman–Crippen LogP) is 3.57. The SMILES string of the molecule is NC(CCc1ccco1)c1ccc(Cl)cc1. The summed E-state index contributed by atoms with van der Waals surface area (Å²) in [5, 5.41) is 0.738. The van der Waals surface area contributed by atoms with E-state index in [0.29, 0.717) is 0 Å². The minimum atomic E-state index is 0.0300. The highest BCUT2D eigenvalue weighted by Gasteiger charge is 2.07. The van der Waals surface area contributed by atoms with Crippen molar-refractivity contribution in [3.8, 4) is 0 Å². The summed E-state index contributed by atoms with van der Waals surface area (Å²) < 4.78 is 5.26. The zero-order valence-corrected chi connectivity index (χ0v) is 9.65. The van der Waals surface area contributed by atoms with E-state index in [1.807, 2.05) is 36.4 Å². The Balaban J connectivity index is 1.93. The zero-order valence-electron chi connectivity index (χ0n) is 8.90. The van der Waals surface area contributed by atoms with E-state index in [0.717, 1.165) is 29.2 Å². The zero-order chi connectivity index (χ0) is 11.4. The molecule has 0 saturated carbocycles. The second-order valence-electron chi connectivity index (χ2n) is 3.78. The van der Waals surface area contributed by atoms with Crippen molar-refractivity contribution in [2.75, 3.05) is 0 Å². The third-order valence-electron chi connectivity index (χ3n) is 2.58. The minimum Gasteiger partial charge on any atom is -0.469 e. The molecule has 0 aliphatic heterocycles. The maximum atomic E-state index is 6.08. The molecule has 3 heteroatoms. The minimum absolute atomic E-state index is 0.0300. The molecular formula is C13H14ClNO. The molecule has 2 rings (SSSR count). The predicted molar refractivity (Wildman–Crippen MR) is 65.4 cm³/mol. The summed E-state index contributed by atoms with van der Waals surface area (Å²) in [6.07, 6.45) is 3.41. The van der Waals surface area contributed by atoms with E-state index in [1.54, 1.807) is 6.26 Å². The number of halogens is 1. The molecule has 2 nitrogen and oxygen atoms in total. The first kappa shape index (κ1) is 11.2. The number of aryl methyl sites for hydroxylation is 1. The quantitative estimate of drug-likeness (QED) is 0.880. The Morgan fingerprint density at radius 2 is 1.94 bits per heavy atom. The fourth-order valence-electron chi connectivity index (χ4n) is 1.63. The van der Waals surface area contributed by atoms with Crippen molar-refractivity contribution in [2.45, 2.75) is 18.9 Å². The molecule has 1 aromatic carbocycles. The third kappa shape index (κ3) is 2.87. The van der Waals surface area contributed by atoms with Gasteiger partial charge in [-0.2, -0.15) is 0 Å². The molecule has 0 saturated heterocycles. The van der Waals surface area contributed by atoms with Crippen LogP contribution in [0.15, 0.2) is 47.1 Å². The Kier molecular flexibility index (Phi) is 3.65. The lowest BCUT2D eigenvalue weighted by atomic mass is 10.0. The van der Waals surface area contributed by atoms with Crippen LogP contribution in [0.4, 0.5) is 0 Å². The summed E-state index contributed by atoms with van der Waals surface area (Å²) in [5.74, 6) is 0.976. The van der Waals surface area contributed by atoms with Gasteiger partial charge in [0.25, 0.3) is 0 Å². The van der Waals surface area contributed by atoms with Crippen molar-refractivity contribution in [3.05, 3.63) is 59.0 Å². The summed E-state index contributed by atoms with van der Waals surface area (Å²) in [6.45, 7) is 0. The van der Waals surface area contributed by atoms with Crippen LogP contribution >= 0.6 is 11.6 Å². The Hall–Kier alpha value is -1.25. The van der Waals surface area contributed by atoms with Gasteiger partial charge in [-0.25, -0.2) is 0 Å². The molecule has 0 amide bonds. The Bertz CT molecular complexity index is 422. The molecule has 0 aliphatic carbocycles. The molecule has 1 aromatic heterocycles. The van der Waals surface area contributed by atoms with Gasteiger partial charge in [-0.1, -0.05) is 23.7 Å². The summed E-state index contributed by atoms with van der Waals surface area (Å²) in [4.78, 5) is 0. The lowest BCUT2D eigenvalue weighted by molar-refractivity contribution is 0.488. The van der Waals surface area contributed by atoms with Gasteiger partial charge >= 0.3 is 0 Å². The molecule has 16 heavy (non-hydrogen) atoms. The number of rotatable bonds is 4. The van der Waals surface area contributed by atoms with Gasteiger partial charge < -0.3 is 10.2 Å². The molecule has 0 radical (unpaired) electrons. The molecule has 1 atom stereocenters. The van der Waals surface area contributed by atoms with Gasteiger partial charge in [-0.3, -0.25) is 0 Å². The van der Waals surface area contributed by atoms with Crippen molar-refractivity contribution in [1.29, 1.82) is 0 Å². The van der Waals surface area contributed by atoms with E-state index in [9.17, 15) is 0 Å². The lowest BCUT2D eigenvalue weighted by Crippen LogP contribution is -2.10. The van der Waals surface area contributed by atoms with Crippen molar-refractivity contribution in [3.63, 3.8) is 0 Å². The standard InChI is InChI=1S/C13H14ClNO/c14-11-5-3-10(4-6-11)13(15)8-7-12-2-1-9-16-12/h1-6,9,13H,7-8,15H2. The maximum Gasteiger partial charge on any atom is 0.103 e. The van der Waals surface area contributed by atoms with Crippen molar-refractivity contribution < 1.29 is 4.42 Å². The van der Waals surface area contributed by atoms with Crippen molar-refractivity contribution >= 4 is 11.6 Å². The highest BCUT2D eigenvalue weighted by molar-refractivity contribution is 6.30. The molecule has 0 fully saturated rings. The molecule has 0 spiro atoms. The smallest absolute Gasteiger partial charge is 0.103 e. The van der Waals surface area contributed by atoms with Crippen molar-refractivity contribution in [1.82, 2.24) is 0 Å². The van der Waals surface area contributed by atoms with E-state index < -0.39 is 0 Å². The Morgan fingerprint density at radius 3 is 2.56 bits per heavy atom. The number of furan rings is 1. The molecule has 1 unspecified atom stereocenters. The molecule has 84 valence electrons. The second-order valence-corrected chi connectivity index (χ2v) is 4.21. The average molecular weight is 236 g/mol. The summed E-state index contributed by atoms with van der Waals surface area (Å²) in [5.41, 5.74) is 7.18. The van der Waals surface area contributed by atoms with Gasteiger partial charge in [0, 0.05) is 17.5 Å². The Morgan fingerprint density at radius 1 is 1.19 bits per heavy atom. The number of nitrogens with two attached hydrogens (primary N) is 1. The molecule has 1 heterocycles. The highest BCUT2D eigenvalue weighted by Crippen LogP contribution is 2.19. The molecule has 2 N–H and O–H groups in total. The van der Waals surface area contributed by atoms with Gasteiger partial charge in [0.2, 0.25) is 0 Å². The monoisotopic (exact) mass is 235 g/mol. The average Bonchev–Trinajstić information content (AvgIpc) is 2.80. The first-order chi connectivity index (χ1) is 7.75. The van der Waals surface area contributed by atoms with Crippen LogP contribution in [0.2, 0.25) is 5.02 Å². The number of hydrogen-bond donors (Lipinski definition) is 1. The van der Waals surface area contributed by atoms with Gasteiger partial charge in [0.15, 0.2) is 0 Å². The molecule has 0 aliphatic rings. The summed E-state index contributed by atoms with van der Waals surface area (Å²) in [6, 6.07) is 11.6.